The Balaban J connectivity index is 1.33. The van der Waals surface area contributed by atoms with Gasteiger partial charge in [0.15, 0.2) is 0 Å². The number of fused-ring (bicyclic) bond motifs is 1. The third-order valence-corrected chi connectivity index (χ3v) is 6.40. The highest BCUT2D eigenvalue weighted by Crippen LogP contribution is 2.25. The first-order valence-electron chi connectivity index (χ1n) is 10.8. The Morgan fingerprint density at radius 2 is 1.63 bits per heavy atom. The molecule has 1 amide bonds. The molecular formula is C26H31N3O. The standard InChI is InChI=1S/C26H31N3O/c1-19-8-6-13-25(20(19)2)28-14-16-29(17-15-28)26(30)18-27-21(3)23-12-7-10-22-9-4-5-11-24(22)23/h4-13,21,27H,14-18H2,1-3H3/t21-/m1/s1. The van der Waals surface area contributed by atoms with Crippen molar-refractivity contribution in [2.24, 2.45) is 0 Å². The van der Waals surface area contributed by atoms with E-state index in [0.717, 1.165) is 26.2 Å². The van der Waals surface area contributed by atoms with Crippen LogP contribution in [0.4, 0.5) is 5.69 Å². The predicted molar refractivity (Wildman–Crippen MR) is 125 cm³/mol. The molecule has 0 spiro atoms. The third-order valence-electron chi connectivity index (χ3n) is 6.40. The largest absolute Gasteiger partial charge is 0.368 e. The Morgan fingerprint density at radius 3 is 2.43 bits per heavy atom. The van der Waals surface area contributed by atoms with E-state index >= 15 is 0 Å². The van der Waals surface area contributed by atoms with E-state index in [4.69, 9.17) is 0 Å². The zero-order valence-corrected chi connectivity index (χ0v) is 18.2. The van der Waals surface area contributed by atoms with E-state index in [0.29, 0.717) is 6.54 Å². The summed E-state index contributed by atoms with van der Waals surface area (Å²) in [5, 5.41) is 5.92. The summed E-state index contributed by atoms with van der Waals surface area (Å²) < 4.78 is 0. The molecule has 1 N–H and O–H groups in total. The molecule has 0 aliphatic carbocycles. The minimum Gasteiger partial charge on any atom is -0.368 e. The second-order valence-electron chi connectivity index (χ2n) is 8.26. The summed E-state index contributed by atoms with van der Waals surface area (Å²) in [6, 6.07) is 21.4. The quantitative estimate of drug-likeness (QED) is 0.686. The van der Waals surface area contributed by atoms with Crippen LogP contribution in [-0.4, -0.2) is 43.5 Å². The van der Waals surface area contributed by atoms with Crippen LogP contribution >= 0.6 is 0 Å². The van der Waals surface area contributed by atoms with Crippen LogP contribution in [0.15, 0.2) is 60.7 Å². The van der Waals surface area contributed by atoms with E-state index in [1.54, 1.807) is 0 Å². The van der Waals surface area contributed by atoms with Gasteiger partial charge in [0.05, 0.1) is 6.54 Å². The van der Waals surface area contributed by atoms with E-state index in [1.807, 2.05) is 4.90 Å². The zero-order chi connectivity index (χ0) is 21.1. The van der Waals surface area contributed by atoms with Gasteiger partial charge in [-0.25, -0.2) is 0 Å². The molecule has 0 aromatic heterocycles. The molecule has 0 saturated carbocycles. The zero-order valence-electron chi connectivity index (χ0n) is 18.2. The van der Waals surface area contributed by atoms with Crippen LogP contribution in [0.5, 0.6) is 0 Å². The highest BCUT2D eigenvalue weighted by molar-refractivity contribution is 5.86. The molecule has 3 aromatic rings. The van der Waals surface area contributed by atoms with E-state index in [9.17, 15) is 4.79 Å². The number of aryl methyl sites for hydroxylation is 1. The Morgan fingerprint density at radius 1 is 0.933 bits per heavy atom. The average molecular weight is 402 g/mol. The monoisotopic (exact) mass is 401 g/mol. The fourth-order valence-electron chi connectivity index (χ4n) is 4.37. The molecule has 4 nitrogen and oxygen atoms in total. The van der Waals surface area contributed by atoms with Gasteiger partial charge >= 0.3 is 0 Å². The molecule has 1 heterocycles. The van der Waals surface area contributed by atoms with Gasteiger partial charge < -0.3 is 15.1 Å². The molecule has 4 heteroatoms. The van der Waals surface area contributed by atoms with E-state index in [1.165, 1.54) is 33.2 Å². The van der Waals surface area contributed by atoms with Crippen molar-refractivity contribution >= 4 is 22.4 Å². The van der Waals surface area contributed by atoms with Crippen LogP contribution in [-0.2, 0) is 4.79 Å². The Bertz CT molecular complexity index is 1030. The van der Waals surface area contributed by atoms with Gasteiger partial charge in [-0.1, -0.05) is 54.6 Å². The summed E-state index contributed by atoms with van der Waals surface area (Å²) in [4.78, 5) is 17.2. The summed E-state index contributed by atoms with van der Waals surface area (Å²) in [5.74, 6) is 0.183. The molecule has 156 valence electrons. The van der Waals surface area contributed by atoms with Gasteiger partial charge in [-0.3, -0.25) is 4.79 Å². The average Bonchev–Trinajstić information content (AvgIpc) is 2.79. The molecule has 1 aliphatic rings. The van der Waals surface area contributed by atoms with Gasteiger partial charge in [-0.2, -0.15) is 0 Å². The number of hydrogen-bond donors (Lipinski definition) is 1. The number of benzene rings is 3. The molecule has 0 radical (unpaired) electrons. The minimum atomic E-state index is 0.122. The molecular weight excluding hydrogens is 370 g/mol. The van der Waals surface area contributed by atoms with Crippen molar-refractivity contribution in [2.75, 3.05) is 37.6 Å². The first-order valence-corrected chi connectivity index (χ1v) is 10.8. The lowest BCUT2D eigenvalue weighted by Crippen LogP contribution is -2.51. The van der Waals surface area contributed by atoms with Crippen LogP contribution in [0, 0.1) is 13.8 Å². The van der Waals surface area contributed by atoms with Crippen molar-refractivity contribution in [3.63, 3.8) is 0 Å². The molecule has 1 aliphatic heterocycles. The van der Waals surface area contributed by atoms with Crippen molar-refractivity contribution in [3.8, 4) is 0 Å². The predicted octanol–water partition coefficient (Wildman–Crippen LogP) is 4.46. The van der Waals surface area contributed by atoms with Crippen LogP contribution in [0.3, 0.4) is 0 Å². The highest BCUT2D eigenvalue weighted by atomic mass is 16.2. The van der Waals surface area contributed by atoms with Gasteiger partial charge in [0.2, 0.25) is 5.91 Å². The fraction of sp³-hybridized carbons (Fsp3) is 0.346. The highest BCUT2D eigenvalue weighted by Gasteiger charge is 2.22. The molecule has 1 atom stereocenters. The first kappa shape index (κ1) is 20.4. The second-order valence-corrected chi connectivity index (χ2v) is 8.26. The number of rotatable bonds is 5. The molecule has 0 unspecified atom stereocenters. The van der Waals surface area contributed by atoms with Crippen molar-refractivity contribution in [1.82, 2.24) is 10.2 Å². The topological polar surface area (TPSA) is 35.6 Å². The van der Waals surface area contributed by atoms with Crippen molar-refractivity contribution in [2.45, 2.75) is 26.8 Å². The normalized spacial score (nSPS) is 15.4. The van der Waals surface area contributed by atoms with Crippen molar-refractivity contribution in [3.05, 3.63) is 77.4 Å². The van der Waals surface area contributed by atoms with Crippen molar-refractivity contribution < 1.29 is 4.79 Å². The summed E-state index contributed by atoms with van der Waals surface area (Å²) in [7, 11) is 0. The Labute approximate surface area is 179 Å². The minimum absolute atomic E-state index is 0.122. The van der Waals surface area contributed by atoms with Crippen LogP contribution < -0.4 is 10.2 Å². The van der Waals surface area contributed by atoms with Gasteiger partial charge in [0.25, 0.3) is 0 Å². The smallest absolute Gasteiger partial charge is 0.236 e. The number of nitrogens with zero attached hydrogens (tertiary/aromatic N) is 2. The molecule has 1 saturated heterocycles. The maximum Gasteiger partial charge on any atom is 0.236 e. The van der Waals surface area contributed by atoms with Gasteiger partial charge in [-0.15, -0.1) is 0 Å². The lowest BCUT2D eigenvalue weighted by molar-refractivity contribution is -0.130. The maximum atomic E-state index is 12.8. The van der Waals surface area contributed by atoms with E-state index in [-0.39, 0.29) is 11.9 Å². The maximum absolute atomic E-state index is 12.8. The summed E-state index contributed by atoms with van der Waals surface area (Å²) in [6.45, 7) is 10.2. The van der Waals surface area contributed by atoms with Gasteiger partial charge in [0, 0.05) is 37.9 Å². The van der Waals surface area contributed by atoms with Gasteiger partial charge in [0.1, 0.15) is 0 Å². The first-order chi connectivity index (χ1) is 14.5. The van der Waals surface area contributed by atoms with Gasteiger partial charge in [-0.05, 0) is 54.3 Å². The number of piperazine rings is 1. The fourth-order valence-corrected chi connectivity index (χ4v) is 4.37. The molecule has 4 rings (SSSR count). The van der Waals surface area contributed by atoms with Crippen molar-refractivity contribution in [1.29, 1.82) is 0 Å². The lowest BCUT2D eigenvalue weighted by atomic mass is 10.00. The number of hydrogen-bond acceptors (Lipinski definition) is 3. The lowest BCUT2D eigenvalue weighted by Gasteiger charge is -2.37. The summed E-state index contributed by atoms with van der Waals surface area (Å²) in [6.07, 6.45) is 0. The van der Waals surface area contributed by atoms with Crippen LogP contribution in [0.25, 0.3) is 10.8 Å². The molecule has 1 fully saturated rings. The van der Waals surface area contributed by atoms with Crippen LogP contribution in [0.2, 0.25) is 0 Å². The molecule has 3 aromatic carbocycles. The second kappa shape index (κ2) is 8.88. The SMILES string of the molecule is Cc1cccc(N2CCN(C(=O)CN[C@H](C)c3cccc4ccccc34)CC2)c1C. The summed E-state index contributed by atoms with van der Waals surface area (Å²) in [5.41, 5.74) is 5.19. The van der Waals surface area contributed by atoms with Crippen LogP contribution in [0.1, 0.15) is 29.7 Å². The Hall–Kier alpha value is -2.85. The van der Waals surface area contributed by atoms with E-state index < -0.39 is 0 Å². The molecule has 30 heavy (non-hydrogen) atoms. The number of amides is 1. The third kappa shape index (κ3) is 4.19. The Kier molecular flexibility index (Phi) is 6.05. The number of nitrogens with one attached hydrogen (secondary N) is 1. The number of carbonyl (C=O) groups is 1. The van der Waals surface area contributed by atoms with E-state index in [2.05, 4.69) is 91.7 Å². The number of carbonyl (C=O) groups excluding carboxylic acids is 1. The number of anilines is 1. The molecule has 0 bridgehead atoms. The summed E-state index contributed by atoms with van der Waals surface area (Å²) >= 11 is 0.